The van der Waals surface area contributed by atoms with Crippen LogP contribution in [0.2, 0.25) is 0 Å². The van der Waals surface area contributed by atoms with E-state index in [0.717, 1.165) is 23.4 Å². The minimum atomic E-state index is -0.151. The van der Waals surface area contributed by atoms with Crippen molar-refractivity contribution in [1.82, 2.24) is 9.55 Å². The summed E-state index contributed by atoms with van der Waals surface area (Å²) in [4.78, 5) is 4.64. The Labute approximate surface area is 124 Å². The normalized spacial score (nSPS) is 17.9. The van der Waals surface area contributed by atoms with Crippen LogP contribution in [0, 0.1) is 16.7 Å². The lowest BCUT2D eigenvalue weighted by molar-refractivity contribution is 0.407. The first-order valence-corrected chi connectivity index (χ1v) is 7.57. The molecule has 1 heterocycles. The molecule has 104 valence electrons. The van der Waals surface area contributed by atoms with Crippen LogP contribution < -0.4 is 0 Å². The summed E-state index contributed by atoms with van der Waals surface area (Å²) in [5, 5.41) is 9.08. The van der Waals surface area contributed by atoms with Crippen LogP contribution in [0.5, 0.6) is 0 Å². The quantitative estimate of drug-likeness (QED) is 0.782. The average Bonchev–Trinajstić information content (AvgIpc) is 3.13. The van der Waals surface area contributed by atoms with Gasteiger partial charge < -0.3 is 4.57 Å². The number of nitrogens with zero attached hydrogens (tertiary/aromatic N) is 3. The number of nitriles is 1. The molecule has 4 heteroatoms. The molecule has 2 aromatic rings. The Hall–Kier alpha value is -1.53. The number of rotatable bonds is 4. The van der Waals surface area contributed by atoms with E-state index >= 15 is 0 Å². The molecule has 1 unspecified atom stereocenters. The number of alkyl halides is 1. The van der Waals surface area contributed by atoms with Gasteiger partial charge in [0.25, 0.3) is 0 Å². The fourth-order valence-corrected chi connectivity index (χ4v) is 3.03. The summed E-state index contributed by atoms with van der Waals surface area (Å²) in [6, 6.07) is 8.00. The second-order valence-electron chi connectivity index (χ2n) is 5.81. The maximum absolute atomic E-state index is 9.23. The number of aromatic nitrogens is 2. The molecule has 0 radical (unpaired) electrons. The lowest BCUT2D eigenvalue weighted by Crippen LogP contribution is -2.13. The maximum Gasteiger partial charge on any atom is 0.127 e. The Morgan fingerprint density at radius 3 is 2.80 bits per heavy atom. The molecule has 3 rings (SSSR count). The number of fused-ring (bicyclic) bond motifs is 1. The first kappa shape index (κ1) is 13.5. The van der Waals surface area contributed by atoms with Crippen molar-refractivity contribution >= 4 is 22.6 Å². The van der Waals surface area contributed by atoms with Crippen molar-refractivity contribution in [1.29, 1.82) is 5.26 Å². The molecule has 0 bridgehead atoms. The number of halogens is 1. The predicted octanol–water partition coefficient (Wildman–Crippen LogP) is 4.40. The highest BCUT2D eigenvalue weighted by atomic mass is 35.5. The molecule has 1 saturated carbocycles. The zero-order chi connectivity index (χ0) is 14.3. The molecule has 0 saturated heterocycles. The molecule has 0 N–H and O–H groups in total. The number of benzene rings is 1. The van der Waals surface area contributed by atoms with Gasteiger partial charge in [-0.15, -0.1) is 11.6 Å². The van der Waals surface area contributed by atoms with Crippen molar-refractivity contribution < 1.29 is 0 Å². The monoisotopic (exact) mass is 287 g/mol. The van der Waals surface area contributed by atoms with Gasteiger partial charge in [0.2, 0.25) is 0 Å². The largest absolute Gasteiger partial charge is 0.326 e. The third kappa shape index (κ3) is 2.09. The molecule has 1 fully saturated rings. The molecule has 1 atom stereocenters. The van der Waals surface area contributed by atoms with Gasteiger partial charge in [-0.05, 0) is 43.7 Å². The van der Waals surface area contributed by atoms with Gasteiger partial charge in [0.05, 0.1) is 16.5 Å². The molecular formula is C16H18ClN3. The zero-order valence-corrected chi connectivity index (χ0v) is 12.6. The Balaban J connectivity index is 2.18. The summed E-state index contributed by atoms with van der Waals surface area (Å²) in [6.07, 6.45) is 3.73. The van der Waals surface area contributed by atoms with Crippen LogP contribution in [-0.2, 0) is 6.54 Å². The minimum absolute atomic E-state index is 0.151. The average molecular weight is 288 g/mol. The third-order valence-electron chi connectivity index (χ3n) is 4.49. The van der Waals surface area contributed by atoms with Crippen molar-refractivity contribution in [3.63, 3.8) is 0 Å². The molecular weight excluding hydrogens is 270 g/mol. The van der Waals surface area contributed by atoms with Gasteiger partial charge in [-0.25, -0.2) is 4.98 Å². The molecule has 1 aromatic heterocycles. The molecule has 0 amide bonds. The second kappa shape index (κ2) is 4.79. The van der Waals surface area contributed by atoms with E-state index in [-0.39, 0.29) is 5.38 Å². The van der Waals surface area contributed by atoms with E-state index in [9.17, 15) is 5.26 Å². The first-order valence-electron chi connectivity index (χ1n) is 7.13. The summed E-state index contributed by atoms with van der Waals surface area (Å²) in [5.74, 6) is 0.879. The van der Waals surface area contributed by atoms with Gasteiger partial charge in [-0.2, -0.15) is 5.26 Å². The smallest absolute Gasteiger partial charge is 0.127 e. The van der Waals surface area contributed by atoms with Crippen LogP contribution >= 0.6 is 11.6 Å². The minimum Gasteiger partial charge on any atom is -0.326 e. The molecule has 1 aliphatic carbocycles. The summed E-state index contributed by atoms with van der Waals surface area (Å²) >= 11 is 6.30. The second-order valence-corrected chi connectivity index (χ2v) is 6.47. The summed E-state index contributed by atoms with van der Waals surface area (Å²) < 4.78 is 2.23. The van der Waals surface area contributed by atoms with E-state index in [2.05, 4.69) is 22.5 Å². The fraction of sp³-hybridized carbons (Fsp3) is 0.500. The lowest BCUT2D eigenvalue weighted by Gasteiger charge is -2.17. The van der Waals surface area contributed by atoms with Crippen LogP contribution in [0.4, 0.5) is 0 Å². The van der Waals surface area contributed by atoms with E-state index < -0.39 is 0 Å². The Bertz CT molecular complexity index is 690. The van der Waals surface area contributed by atoms with E-state index in [0.29, 0.717) is 11.0 Å². The van der Waals surface area contributed by atoms with Crippen molar-refractivity contribution in [3.8, 4) is 6.07 Å². The highest BCUT2D eigenvalue weighted by Crippen LogP contribution is 2.50. The van der Waals surface area contributed by atoms with Gasteiger partial charge in [0.1, 0.15) is 17.4 Å². The molecule has 0 aliphatic heterocycles. The van der Waals surface area contributed by atoms with Crippen LogP contribution in [0.15, 0.2) is 18.2 Å². The third-order valence-corrected chi connectivity index (χ3v) is 4.68. The SMILES string of the molecule is CCC1(Cn2c(C(C)Cl)nc3c(C#N)cccc32)CC1. The van der Waals surface area contributed by atoms with Gasteiger partial charge in [0, 0.05) is 6.54 Å². The number of para-hydroxylation sites is 1. The molecule has 20 heavy (non-hydrogen) atoms. The van der Waals surface area contributed by atoms with E-state index in [1.807, 2.05) is 25.1 Å². The summed E-state index contributed by atoms with van der Waals surface area (Å²) in [5.41, 5.74) is 2.86. The topological polar surface area (TPSA) is 41.6 Å². The number of hydrogen-bond donors (Lipinski definition) is 0. The standard InChI is InChI=1S/C16H18ClN3/c1-3-16(7-8-16)10-20-13-6-4-5-12(9-18)14(13)19-15(20)11(2)17/h4-6,11H,3,7-8,10H2,1-2H3. The van der Waals surface area contributed by atoms with Gasteiger partial charge in [-0.3, -0.25) is 0 Å². The van der Waals surface area contributed by atoms with E-state index in [4.69, 9.17) is 11.6 Å². The molecule has 1 aromatic carbocycles. The Kier molecular flexibility index (Phi) is 3.22. The predicted molar refractivity (Wildman–Crippen MR) is 80.7 cm³/mol. The van der Waals surface area contributed by atoms with Gasteiger partial charge >= 0.3 is 0 Å². The Morgan fingerprint density at radius 1 is 1.50 bits per heavy atom. The van der Waals surface area contributed by atoms with Crippen molar-refractivity contribution in [2.45, 2.75) is 45.0 Å². The highest BCUT2D eigenvalue weighted by Gasteiger charge is 2.41. The van der Waals surface area contributed by atoms with Gasteiger partial charge in [-0.1, -0.05) is 13.0 Å². The van der Waals surface area contributed by atoms with E-state index in [1.165, 1.54) is 19.3 Å². The Morgan fingerprint density at radius 2 is 2.25 bits per heavy atom. The highest BCUT2D eigenvalue weighted by molar-refractivity contribution is 6.20. The summed E-state index contributed by atoms with van der Waals surface area (Å²) in [7, 11) is 0. The first-order chi connectivity index (χ1) is 9.60. The van der Waals surface area contributed by atoms with Crippen LogP contribution in [0.25, 0.3) is 11.0 Å². The number of imidazole rings is 1. The molecule has 3 nitrogen and oxygen atoms in total. The maximum atomic E-state index is 9.23. The zero-order valence-electron chi connectivity index (χ0n) is 11.9. The van der Waals surface area contributed by atoms with Crippen LogP contribution in [0.3, 0.4) is 0 Å². The van der Waals surface area contributed by atoms with Crippen LogP contribution in [0.1, 0.15) is 49.9 Å². The number of hydrogen-bond acceptors (Lipinski definition) is 2. The molecule has 1 aliphatic rings. The van der Waals surface area contributed by atoms with Crippen molar-refractivity contribution in [2.75, 3.05) is 0 Å². The van der Waals surface area contributed by atoms with Crippen LogP contribution in [-0.4, -0.2) is 9.55 Å². The van der Waals surface area contributed by atoms with E-state index in [1.54, 1.807) is 0 Å². The molecule has 0 spiro atoms. The van der Waals surface area contributed by atoms with Crippen molar-refractivity contribution in [3.05, 3.63) is 29.6 Å². The summed E-state index contributed by atoms with van der Waals surface area (Å²) in [6.45, 7) is 5.15. The van der Waals surface area contributed by atoms with Crippen molar-refractivity contribution in [2.24, 2.45) is 5.41 Å². The van der Waals surface area contributed by atoms with Gasteiger partial charge in [0.15, 0.2) is 0 Å². The lowest BCUT2D eigenvalue weighted by atomic mass is 10.0. The fourth-order valence-electron chi connectivity index (χ4n) is 2.86.